The van der Waals surface area contributed by atoms with Gasteiger partial charge in [-0.15, -0.1) is 0 Å². The van der Waals surface area contributed by atoms with Crippen molar-refractivity contribution >= 4 is 6.08 Å². The minimum Gasteiger partial charge on any atom is -0.496 e. The van der Waals surface area contributed by atoms with Crippen molar-refractivity contribution in [2.75, 3.05) is 20.8 Å². The van der Waals surface area contributed by atoms with E-state index < -0.39 is 0 Å². The first-order chi connectivity index (χ1) is 15.2. The van der Waals surface area contributed by atoms with Crippen molar-refractivity contribution in [2.24, 2.45) is 0 Å². The molecule has 0 amide bonds. The number of methoxy groups -OCH3 is 2. The second kappa shape index (κ2) is 9.71. The van der Waals surface area contributed by atoms with Crippen molar-refractivity contribution in [3.63, 3.8) is 0 Å². The van der Waals surface area contributed by atoms with Gasteiger partial charge in [-0.25, -0.2) is 0 Å². The van der Waals surface area contributed by atoms with Gasteiger partial charge in [0.25, 0.3) is 0 Å². The Morgan fingerprint density at radius 3 is 2.48 bits per heavy atom. The van der Waals surface area contributed by atoms with E-state index >= 15 is 0 Å². The molecule has 1 heterocycles. The number of rotatable bonds is 7. The van der Waals surface area contributed by atoms with E-state index in [1.807, 2.05) is 24.3 Å². The topological polar surface area (TPSA) is 39.7 Å². The van der Waals surface area contributed by atoms with E-state index in [2.05, 4.69) is 60.8 Å². The molecule has 0 radical (unpaired) electrons. The van der Waals surface area contributed by atoms with Crippen LogP contribution in [-0.4, -0.2) is 20.8 Å². The van der Waals surface area contributed by atoms with Gasteiger partial charge in [-0.3, -0.25) is 0 Å². The standard InChI is InChI=1S/C27H29NO3/c1-19-15-20(10-12-25(19)29-2)9-11-24-23-17-26(30-3)27(16-22(23)13-14-28-24)31-18-21-7-5-4-6-8-21/h4-12,15-17,24,28H,13-14,18H2,1-3H3. The van der Waals surface area contributed by atoms with Crippen molar-refractivity contribution < 1.29 is 14.2 Å². The minimum atomic E-state index is 0.128. The monoisotopic (exact) mass is 415 g/mol. The van der Waals surface area contributed by atoms with Crippen LogP contribution in [0.1, 0.15) is 33.9 Å². The van der Waals surface area contributed by atoms with Crippen LogP contribution in [0.15, 0.2) is 66.7 Å². The van der Waals surface area contributed by atoms with Gasteiger partial charge in [0.2, 0.25) is 0 Å². The maximum absolute atomic E-state index is 6.10. The number of fused-ring (bicyclic) bond motifs is 1. The smallest absolute Gasteiger partial charge is 0.161 e. The Hall–Kier alpha value is -3.24. The van der Waals surface area contributed by atoms with Crippen LogP contribution < -0.4 is 19.5 Å². The molecule has 31 heavy (non-hydrogen) atoms. The first-order valence-electron chi connectivity index (χ1n) is 10.6. The molecule has 0 spiro atoms. The van der Waals surface area contributed by atoms with Crippen molar-refractivity contribution in [3.8, 4) is 17.2 Å². The molecule has 0 saturated carbocycles. The van der Waals surface area contributed by atoms with E-state index in [0.29, 0.717) is 6.61 Å². The predicted molar refractivity (Wildman–Crippen MR) is 125 cm³/mol. The SMILES string of the molecule is COc1ccc(C=CC2NCCc3cc(OCc4ccccc4)c(OC)cc32)cc1C. The Kier molecular flexibility index (Phi) is 6.58. The maximum Gasteiger partial charge on any atom is 0.161 e. The van der Waals surface area contributed by atoms with Gasteiger partial charge in [0.05, 0.1) is 20.3 Å². The summed E-state index contributed by atoms with van der Waals surface area (Å²) in [6, 6.07) is 20.8. The van der Waals surface area contributed by atoms with E-state index in [-0.39, 0.29) is 6.04 Å². The molecule has 0 bridgehead atoms. The fourth-order valence-electron chi connectivity index (χ4n) is 3.99. The Morgan fingerprint density at radius 2 is 1.74 bits per heavy atom. The number of aryl methyl sites for hydroxylation is 1. The number of ether oxygens (including phenoxy) is 3. The first-order valence-corrected chi connectivity index (χ1v) is 10.6. The van der Waals surface area contributed by atoms with Gasteiger partial charge in [-0.05, 0) is 65.4 Å². The third kappa shape index (κ3) is 4.92. The minimum absolute atomic E-state index is 0.128. The molecule has 4 heteroatoms. The van der Waals surface area contributed by atoms with Crippen LogP contribution in [0.4, 0.5) is 0 Å². The average Bonchev–Trinajstić information content (AvgIpc) is 2.81. The third-order valence-corrected chi connectivity index (χ3v) is 5.66. The largest absolute Gasteiger partial charge is 0.496 e. The summed E-state index contributed by atoms with van der Waals surface area (Å²) in [5.41, 5.74) is 5.95. The molecule has 0 fully saturated rings. The molecular weight excluding hydrogens is 386 g/mol. The third-order valence-electron chi connectivity index (χ3n) is 5.66. The van der Waals surface area contributed by atoms with Crippen LogP contribution in [0, 0.1) is 6.92 Å². The zero-order valence-electron chi connectivity index (χ0n) is 18.4. The normalized spacial score (nSPS) is 15.5. The molecule has 3 aromatic rings. The Balaban J connectivity index is 1.55. The van der Waals surface area contributed by atoms with Crippen LogP contribution in [-0.2, 0) is 13.0 Å². The summed E-state index contributed by atoms with van der Waals surface area (Å²) in [5, 5.41) is 3.60. The number of hydrogen-bond acceptors (Lipinski definition) is 4. The van der Waals surface area contributed by atoms with Crippen LogP contribution in [0.3, 0.4) is 0 Å². The Labute approximate surface area is 184 Å². The summed E-state index contributed by atoms with van der Waals surface area (Å²) < 4.78 is 17.1. The van der Waals surface area contributed by atoms with Gasteiger partial charge >= 0.3 is 0 Å². The van der Waals surface area contributed by atoms with Crippen molar-refractivity contribution in [3.05, 3.63) is 94.6 Å². The molecule has 3 aromatic carbocycles. The second-order valence-electron chi connectivity index (χ2n) is 7.75. The number of nitrogens with one attached hydrogen (secondary N) is 1. The second-order valence-corrected chi connectivity index (χ2v) is 7.75. The van der Waals surface area contributed by atoms with Gasteiger partial charge in [-0.1, -0.05) is 48.6 Å². The highest BCUT2D eigenvalue weighted by Crippen LogP contribution is 2.36. The lowest BCUT2D eigenvalue weighted by atomic mass is 9.93. The molecule has 0 saturated heterocycles. The average molecular weight is 416 g/mol. The van der Waals surface area contributed by atoms with E-state index in [1.54, 1.807) is 14.2 Å². The molecule has 1 aliphatic heterocycles. The fraction of sp³-hybridized carbons (Fsp3) is 0.259. The van der Waals surface area contributed by atoms with Crippen LogP contribution in [0.2, 0.25) is 0 Å². The van der Waals surface area contributed by atoms with Crippen LogP contribution in [0.25, 0.3) is 6.08 Å². The molecule has 1 N–H and O–H groups in total. The highest BCUT2D eigenvalue weighted by molar-refractivity contribution is 5.56. The van der Waals surface area contributed by atoms with Crippen LogP contribution in [0.5, 0.6) is 17.2 Å². The number of benzene rings is 3. The Morgan fingerprint density at radius 1 is 0.935 bits per heavy atom. The lowest BCUT2D eigenvalue weighted by Gasteiger charge is -2.26. The van der Waals surface area contributed by atoms with Crippen molar-refractivity contribution in [1.82, 2.24) is 5.32 Å². The highest BCUT2D eigenvalue weighted by atomic mass is 16.5. The molecular formula is C27H29NO3. The van der Waals surface area contributed by atoms with E-state index in [9.17, 15) is 0 Å². The fourth-order valence-corrected chi connectivity index (χ4v) is 3.99. The predicted octanol–water partition coefficient (Wildman–Crippen LogP) is 5.49. The zero-order chi connectivity index (χ0) is 21.6. The molecule has 4 rings (SSSR count). The first kappa shape index (κ1) is 21.0. The quantitative estimate of drug-likeness (QED) is 0.554. The molecule has 4 nitrogen and oxygen atoms in total. The summed E-state index contributed by atoms with van der Waals surface area (Å²) in [6.07, 6.45) is 5.34. The highest BCUT2D eigenvalue weighted by Gasteiger charge is 2.21. The maximum atomic E-state index is 6.10. The van der Waals surface area contributed by atoms with E-state index in [4.69, 9.17) is 14.2 Å². The molecule has 1 unspecified atom stereocenters. The summed E-state index contributed by atoms with van der Waals surface area (Å²) >= 11 is 0. The summed E-state index contributed by atoms with van der Waals surface area (Å²) in [5.74, 6) is 2.46. The summed E-state index contributed by atoms with van der Waals surface area (Å²) in [4.78, 5) is 0. The van der Waals surface area contributed by atoms with Gasteiger partial charge in [0.1, 0.15) is 12.4 Å². The van der Waals surface area contributed by atoms with Gasteiger partial charge in [-0.2, -0.15) is 0 Å². The molecule has 0 aromatic heterocycles. The Bertz CT molecular complexity index is 1060. The molecule has 1 aliphatic rings. The van der Waals surface area contributed by atoms with Crippen molar-refractivity contribution in [1.29, 1.82) is 0 Å². The van der Waals surface area contributed by atoms with Gasteiger partial charge in [0.15, 0.2) is 11.5 Å². The van der Waals surface area contributed by atoms with Gasteiger partial charge < -0.3 is 19.5 Å². The number of hydrogen-bond donors (Lipinski definition) is 1. The van der Waals surface area contributed by atoms with Crippen LogP contribution >= 0.6 is 0 Å². The lowest BCUT2D eigenvalue weighted by Crippen LogP contribution is -2.28. The van der Waals surface area contributed by atoms with Gasteiger partial charge in [0, 0.05) is 6.54 Å². The van der Waals surface area contributed by atoms with E-state index in [1.165, 1.54) is 11.1 Å². The zero-order valence-corrected chi connectivity index (χ0v) is 18.4. The molecule has 160 valence electrons. The molecule has 0 aliphatic carbocycles. The summed E-state index contributed by atoms with van der Waals surface area (Å²) in [6.45, 7) is 3.51. The lowest BCUT2D eigenvalue weighted by molar-refractivity contribution is 0.283. The molecule has 1 atom stereocenters. The van der Waals surface area contributed by atoms with E-state index in [0.717, 1.165) is 46.9 Å². The van der Waals surface area contributed by atoms with Crippen molar-refractivity contribution in [2.45, 2.75) is 26.0 Å². The summed E-state index contributed by atoms with van der Waals surface area (Å²) in [7, 11) is 3.39.